The van der Waals surface area contributed by atoms with Gasteiger partial charge in [-0.3, -0.25) is 0 Å². The summed E-state index contributed by atoms with van der Waals surface area (Å²) < 4.78 is 10.5. The number of carbonyl (C=O) groups is 1. The molecule has 108 valence electrons. The van der Waals surface area contributed by atoms with Gasteiger partial charge >= 0.3 is 6.09 Å². The molecule has 0 aliphatic heterocycles. The predicted octanol–water partition coefficient (Wildman–Crippen LogP) is 2.05. The smallest absolute Gasteiger partial charge is 0.407 e. The second-order valence-corrected chi connectivity index (χ2v) is 5.24. The summed E-state index contributed by atoms with van der Waals surface area (Å²) in [7, 11) is 0. The van der Waals surface area contributed by atoms with Gasteiger partial charge in [-0.2, -0.15) is 0 Å². The van der Waals surface area contributed by atoms with Crippen LogP contribution in [0.5, 0.6) is 0 Å². The molecule has 5 nitrogen and oxygen atoms in total. The minimum atomic E-state index is -0.434. The van der Waals surface area contributed by atoms with Gasteiger partial charge in [0, 0.05) is 19.8 Å². The number of alkyl carbamates (subject to hydrolysis) is 1. The van der Waals surface area contributed by atoms with Gasteiger partial charge in [-0.25, -0.2) is 4.79 Å². The van der Waals surface area contributed by atoms with E-state index in [1.54, 1.807) is 0 Å². The van der Waals surface area contributed by atoms with Crippen molar-refractivity contribution in [2.75, 3.05) is 26.3 Å². The monoisotopic (exact) mass is 260 g/mol. The fraction of sp³-hybridized carbons (Fsp3) is 0.923. The molecule has 0 spiro atoms. The molecule has 0 saturated heterocycles. The molecule has 0 aromatic carbocycles. The van der Waals surface area contributed by atoms with Crippen LogP contribution in [-0.2, 0) is 9.47 Å². The molecule has 0 fully saturated rings. The predicted molar refractivity (Wildman–Crippen MR) is 72.6 cm³/mol. The highest BCUT2D eigenvalue weighted by Gasteiger charge is 2.15. The summed E-state index contributed by atoms with van der Waals surface area (Å²) in [6.07, 6.45) is 3.52. The Morgan fingerprint density at radius 3 is 2.28 bits per heavy atom. The Hall–Kier alpha value is -0.810. The van der Waals surface area contributed by atoms with E-state index in [2.05, 4.69) is 5.32 Å². The van der Waals surface area contributed by atoms with Crippen LogP contribution in [0.1, 0.15) is 46.5 Å². The van der Waals surface area contributed by atoms with Crippen molar-refractivity contribution in [1.29, 1.82) is 0 Å². The lowest BCUT2D eigenvalue weighted by molar-refractivity contribution is 0.0524. The van der Waals surface area contributed by atoms with Crippen molar-refractivity contribution in [3.8, 4) is 0 Å². The van der Waals surface area contributed by atoms with E-state index >= 15 is 0 Å². The largest absolute Gasteiger partial charge is 0.444 e. The van der Waals surface area contributed by atoms with Crippen molar-refractivity contribution in [3.63, 3.8) is 0 Å². The van der Waals surface area contributed by atoms with Gasteiger partial charge in [0.25, 0.3) is 0 Å². The topological polar surface area (TPSA) is 73.6 Å². The normalized spacial score (nSPS) is 11.3. The number of hydrogen-bond acceptors (Lipinski definition) is 4. The van der Waals surface area contributed by atoms with Gasteiger partial charge in [0.15, 0.2) is 0 Å². The van der Waals surface area contributed by atoms with E-state index in [1.165, 1.54) is 0 Å². The van der Waals surface area contributed by atoms with Crippen LogP contribution in [0.15, 0.2) is 0 Å². The van der Waals surface area contributed by atoms with Crippen molar-refractivity contribution >= 4 is 6.09 Å². The Kier molecular flexibility index (Phi) is 9.69. The van der Waals surface area contributed by atoms with Gasteiger partial charge in [0.1, 0.15) is 5.60 Å². The molecule has 0 heterocycles. The molecule has 0 bridgehead atoms. The molecule has 1 amide bonds. The molecule has 0 aliphatic carbocycles. The number of nitrogens with two attached hydrogens (primary N) is 1. The Morgan fingerprint density at radius 1 is 1.11 bits per heavy atom. The molecule has 0 saturated carbocycles. The van der Waals surface area contributed by atoms with Gasteiger partial charge in [-0.15, -0.1) is 0 Å². The molecule has 18 heavy (non-hydrogen) atoms. The lowest BCUT2D eigenvalue weighted by Gasteiger charge is -2.19. The SMILES string of the molecule is CC(C)(C)OC(=O)NCCCCOCCCCN. The summed E-state index contributed by atoms with van der Waals surface area (Å²) in [6, 6.07) is 0. The molecule has 0 rings (SSSR count). The average Bonchev–Trinajstić information content (AvgIpc) is 2.24. The van der Waals surface area contributed by atoms with Crippen LogP contribution in [0.3, 0.4) is 0 Å². The third-order valence-electron chi connectivity index (χ3n) is 2.13. The van der Waals surface area contributed by atoms with Crippen molar-refractivity contribution in [2.24, 2.45) is 5.73 Å². The Morgan fingerprint density at radius 2 is 1.72 bits per heavy atom. The minimum absolute atomic E-state index is 0.355. The highest BCUT2D eigenvalue weighted by atomic mass is 16.6. The van der Waals surface area contributed by atoms with Gasteiger partial charge in [0.2, 0.25) is 0 Å². The van der Waals surface area contributed by atoms with E-state index in [0.717, 1.165) is 45.4 Å². The molecule has 0 aliphatic rings. The molecule has 0 aromatic rings. The maximum absolute atomic E-state index is 11.3. The van der Waals surface area contributed by atoms with Crippen molar-refractivity contribution in [3.05, 3.63) is 0 Å². The Balaban J connectivity index is 3.23. The molecule has 0 atom stereocenters. The van der Waals surface area contributed by atoms with Crippen LogP contribution in [0.25, 0.3) is 0 Å². The number of nitrogens with one attached hydrogen (secondary N) is 1. The van der Waals surface area contributed by atoms with Crippen LogP contribution in [-0.4, -0.2) is 38.0 Å². The lowest BCUT2D eigenvalue weighted by Crippen LogP contribution is -2.33. The summed E-state index contributed by atoms with van der Waals surface area (Å²) in [5, 5.41) is 2.72. The van der Waals surface area contributed by atoms with Crippen LogP contribution in [0.2, 0.25) is 0 Å². The molecular weight excluding hydrogens is 232 g/mol. The van der Waals surface area contributed by atoms with Crippen LogP contribution in [0.4, 0.5) is 4.79 Å². The summed E-state index contributed by atoms with van der Waals surface area (Å²) >= 11 is 0. The summed E-state index contributed by atoms with van der Waals surface area (Å²) in [5.41, 5.74) is 4.94. The zero-order chi connectivity index (χ0) is 13.9. The van der Waals surface area contributed by atoms with E-state index in [4.69, 9.17) is 15.2 Å². The summed E-state index contributed by atoms with van der Waals surface area (Å²) in [4.78, 5) is 11.3. The third-order valence-corrected chi connectivity index (χ3v) is 2.13. The van der Waals surface area contributed by atoms with Crippen LogP contribution in [0, 0.1) is 0 Å². The minimum Gasteiger partial charge on any atom is -0.444 e. The van der Waals surface area contributed by atoms with E-state index in [9.17, 15) is 4.79 Å². The van der Waals surface area contributed by atoms with Gasteiger partial charge in [0.05, 0.1) is 0 Å². The van der Waals surface area contributed by atoms with Crippen molar-refractivity contribution < 1.29 is 14.3 Å². The highest BCUT2D eigenvalue weighted by Crippen LogP contribution is 2.06. The Labute approximate surface area is 110 Å². The van der Waals surface area contributed by atoms with Crippen LogP contribution < -0.4 is 11.1 Å². The van der Waals surface area contributed by atoms with E-state index in [-0.39, 0.29) is 6.09 Å². The number of unbranched alkanes of at least 4 members (excludes halogenated alkanes) is 2. The number of carbonyl (C=O) groups excluding carboxylic acids is 1. The fourth-order valence-electron chi connectivity index (χ4n) is 1.28. The second-order valence-electron chi connectivity index (χ2n) is 5.24. The van der Waals surface area contributed by atoms with Crippen molar-refractivity contribution in [1.82, 2.24) is 5.32 Å². The number of hydrogen-bond donors (Lipinski definition) is 2. The molecule has 0 unspecified atom stereocenters. The standard InChI is InChI=1S/C13H28N2O3/c1-13(2,3)18-12(16)15-9-5-7-11-17-10-6-4-8-14/h4-11,14H2,1-3H3,(H,15,16). The zero-order valence-corrected chi connectivity index (χ0v) is 12.0. The molecule has 5 heteroatoms. The van der Waals surface area contributed by atoms with Gasteiger partial charge < -0.3 is 20.5 Å². The first-order valence-corrected chi connectivity index (χ1v) is 6.70. The molecule has 0 aromatic heterocycles. The maximum Gasteiger partial charge on any atom is 0.407 e. The zero-order valence-electron chi connectivity index (χ0n) is 12.0. The van der Waals surface area contributed by atoms with Gasteiger partial charge in [-0.05, 0) is 53.0 Å². The number of ether oxygens (including phenoxy) is 2. The highest BCUT2D eigenvalue weighted by molar-refractivity contribution is 5.67. The third kappa shape index (κ3) is 13.3. The molecule has 3 N–H and O–H groups in total. The first-order valence-electron chi connectivity index (χ1n) is 6.70. The van der Waals surface area contributed by atoms with E-state index in [0.29, 0.717) is 6.54 Å². The van der Waals surface area contributed by atoms with Crippen molar-refractivity contribution in [2.45, 2.75) is 52.1 Å². The van der Waals surface area contributed by atoms with E-state index < -0.39 is 5.60 Å². The van der Waals surface area contributed by atoms with Gasteiger partial charge in [-0.1, -0.05) is 0 Å². The quantitative estimate of drug-likeness (QED) is 0.622. The number of amides is 1. The summed E-state index contributed by atoms with van der Waals surface area (Å²) in [6.45, 7) is 8.41. The average molecular weight is 260 g/mol. The second kappa shape index (κ2) is 10.1. The first-order chi connectivity index (χ1) is 8.45. The lowest BCUT2D eigenvalue weighted by atomic mass is 10.2. The fourth-order valence-corrected chi connectivity index (χ4v) is 1.28. The Bertz CT molecular complexity index is 215. The van der Waals surface area contributed by atoms with E-state index in [1.807, 2.05) is 20.8 Å². The number of rotatable bonds is 9. The first kappa shape index (κ1) is 17.2. The summed E-state index contributed by atoms with van der Waals surface area (Å²) in [5.74, 6) is 0. The molecular formula is C13H28N2O3. The maximum atomic E-state index is 11.3. The van der Waals surface area contributed by atoms with Crippen LogP contribution >= 0.6 is 0 Å². The molecule has 0 radical (unpaired) electrons.